The number of ketones is 2. The predicted molar refractivity (Wildman–Crippen MR) is 107 cm³/mol. The van der Waals surface area contributed by atoms with Gasteiger partial charge in [0, 0.05) is 30.6 Å². The van der Waals surface area contributed by atoms with Gasteiger partial charge in [-0.1, -0.05) is 33.6 Å². The Bertz CT molecular complexity index is 684. The standard InChI is InChI=1S/C24H36O4/c1-14(7-10-21(27)28)16-8-9-17-22-18(13-20(26)24(16,17)3)23(2)11-5-4-6-15(23)12-19(22)25/h14-18,22H,4-13H2,1-3H3,(H,27,28)/t14-,15-,16+,17+,18-,22-,23-,24+/m0/s1. The van der Waals surface area contributed by atoms with Crippen LogP contribution in [-0.4, -0.2) is 22.6 Å². The van der Waals surface area contributed by atoms with Crippen LogP contribution in [0.5, 0.6) is 0 Å². The highest BCUT2D eigenvalue weighted by molar-refractivity contribution is 5.92. The van der Waals surface area contributed by atoms with Gasteiger partial charge in [0.15, 0.2) is 0 Å². The van der Waals surface area contributed by atoms with Crippen LogP contribution in [0.2, 0.25) is 0 Å². The molecule has 4 nitrogen and oxygen atoms in total. The zero-order chi connectivity index (χ0) is 20.3. The Labute approximate surface area is 168 Å². The first kappa shape index (κ1) is 20.1. The van der Waals surface area contributed by atoms with Crippen molar-refractivity contribution in [2.45, 2.75) is 85.0 Å². The molecule has 28 heavy (non-hydrogen) atoms. The number of carboxylic acids is 1. The van der Waals surface area contributed by atoms with Gasteiger partial charge in [-0.25, -0.2) is 0 Å². The van der Waals surface area contributed by atoms with Gasteiger partial charge < -0.3 is 5.11 Å². The Morgan fingerprint density at radius 2 is 1.86 bits per heavy atom. The van der Waals surface area contributed by atoms with Crippen molar-refractivity contribution < 1.29 is 19.5 Å². The van der Waals surface area contributed by atoms with E-state index >= 15 is 0 Å². The third-order valence-electron chi connectivity index (χ3n) is 9.82. The van der Waals surface area contributed by atoms with E-state index in [1.807, 2.05) is 0 Å². The lowest BCUT2D eigenvalue weighted by Gasteiger charge is -2.59. The maximum Gasteiger partial charge on any atom is 0.303 e. The lowest BCUT2D eigenvalue weighted by atomic mass is 9.44. The normalized spacial score (nSPS) is 46.5. The van der Waals surface area contributed by atoms with Crippen LogP contribution in [0.1, 0.15) is 85.0 Å². The summed E-state index contributed by atoms with van der Waals surface area (Å²) in [4.78, 5) is 38.0. The fraction of sp³-hybridized carbons (Fsp3) is 0.875. The van der Waals surface area contributed by atoms with Gasteiger partial charge in [-0.3, -0.25) is 14.4 Å². The summed E-state index contributed by atoms with van der Waals surface area (Å²) < 4.78 is 0. The maximum absolute atomic E-state index is 13.6. The smallest absolute Gasteiger partial charge is 0.303 e. The highest BCUT2D eigenvalue weighted by atomic mass is 16.4. The zero-order valence-electron chi connectivity index (χ0n) is 17.7. The summed E-state index contributed by atoms with van der Waals surface area (Å²) >= 11 is 0. The van der Waals surface area contributed by atoms with E-state index in [4.69, 9.17) is 5.11 Å². The molecule has 1 N–H and O–H groups in total. The Morgan fingerprint density at radius 3 is 2.57 bits per heavy atom. The number of aliphatic carboxylic acids is 1. The molecule has 0 saturated heterocycles. The molecule has 0 bridgehead atoms. The van der Waals surface area contributed by atoms with Crippen molar-refractivity contribution in [3.8, 4) is 0 Å². The largest absolute Gasteiger partial charge is 0.481 e. The van der Waals surface area contributed by atoms with Gasteiger partial charge in [0.05, 0.1) is 0 Å². The molecule has 0 amide bonds. The number of carboxylic acid groups (broad SMARTS) is 1. The Kier molecular flexibility index (Phi) is 4.99. The molecule has 0 spiro atoms. The Balaban J connectivity index is 1.63. The highest BCUT2D eigenvalue weighted by Crippen LogP contribution is 2.66. The Hall–Kier alpha value is -1.19. The fourth-order valence-electron chi connectivity index (χ4n) is 8.18. The van der Waals surface area contributed by atoms with Crippen LogP contribution < -0.4 is 0 Å². The van der Waals surface area contributed by atoms with E-state index in [-0.39, 0.29) is 41.4 Å². The maximum atomic E-state index is 13.6. The molecule has 0 heterocycles. The minimum Gasteiger partial charge on any atom is -0.481 e. The summed E-state index contributed by atoms with van der Waals surface area (Å²) in [5, 5.41) is 9.07. The van der Waals surface area contributed by atoms with Crippen molar-refractivity contribution in [1.82, 2.24) is 0 Å². The van der Waals surface area contributed by atoms with E-state index < -0.39 is 11.4 Å². The predicted octanol–water partition coefficient (Wildman–Crippen LogP) is 4.89. The lowest BCUT2D eigenvalue weighted by molar-refractivity contribution is -0.165. The SMILES string of the molecule is C[C@@H](CCC(=O)O)[C@H]1CC[C@@H]2[C@@H]3C(=O)C[C@@H]4CCCC[C@]4(C)[C@H]3CC(=O)[C@@]21C. The minimum atomic E-state index is -0.764. The van der Waals surface area contributed by atoms with Crippen molar-refractivity contribution in [2.75, 3.05) is 0 Å². The fourth-order valence-corrected chi connectivity index (χ4v) is 8.18. The summed E-state index contributed by atoms with van der Waals surface area (Å²) in [7, 11) is 0. The highest BCUT2D eigenvalue weighted by Gasteiger charge is 2.65. The Morgan fingerprint density at radius 1 is 1.11 bits per heavy atom. The van der Waals surface area contributed by atoms with Crippen LogP contribution in [0.15, 0.2) is 0 Å². The number of hydrogen-bond acceptors (Lipinski definition) is 3. The molecule has 0 aromatic rings. The van der Waals surface area contributed by atoms with Crippen molar-refractivity contribution in [3.63, 3.8) is 0 Å². The molecule has 0 aliphatic heterocycles. The molecule has 156 valence electrons. The molecule has 4 rings (SSSR count). The number of Topliss-reactive ketones (excluding diaryl/α,β-unsaturated/α-hetero) is 2. The monoisotopic (exact) mass is 388 g/mol. The van der Waals surface area contributed by atoms with Gasteiger partial charge in [0.25, 0.3) is 0 Å². The summed E-state index contributed by atoms with van der Waals surface area (Å²) in [5.41, 5.74) is -0.284. The van der Waals surface area contributed by atoms with E-state index in [9.17, 15) is 14.4 Å². The zero-order valence-corrected chi connectivity index (χ0v) is 17.7. The van der Waals surface area contributed by atoms with Crippen LogP contribution in [-0.2, 0) is 14.4 Å². The average Bonchev–Trinajstić information content (AvgIpc) is 3.00. The minimum absolute atomic E-state index is 0.0544. The van der Waals surface area contributed by atoms with Gasteiger partial charge in [0.1, 0.15) is 11.6 Å². The molecule has 0 aromatic carbocycles. The molecule has 4 aliphatic carbocycles. The van der Waals surface area contributed by atoms with Crippen LogP contribution in [0.4, 0.5) is 0 Å². The number of carbonyl (C=O) groups is 3. The number of hydrogen-bond donors (Lipinski definition) is 1. The van der Waals surface area contributed by atoms with Crippen LogP contribution >= 0.6 is 0 Å². The van der Waals surface area contributed by atoms with Crippen molar-refractivity contribution in [2.24, 2.45) is 46.3 Å². The molecular formula is C24H36O4. The second-order valence-corrected chi connectivity index (χ2v) is 10.9. The molecule has 4 fully saturated rings. The van der Waals surface area contributed by atoms with Gasteiger partial charge >= 0.3 is 5.97 Å². The topological polar surface area (TPSA) is 71.4 Å². The second-order valence-electron chi connectivity index (χ2n) is 10.9. The molecule has 0 radical (unpaired) electrons. The lowest BCUT2D eigenvalue weighted by Crippen LogP contribution is -2.59. The van der Waals surface area contributed by atoms with Crippen LogP contribution in [0.25, 0.3) is 0 Å². The molecule has 0 aromatic heterocycles. The van der Waals surface area contributed by atoms with E-state index in [1.54, 1.807) is 0 Å². The second kappa shape index (κ2) is 6.95. The molecule has 4 aliphatic rings. The van der Waals surface area contributed by atoms with E-state index in [0.717, 1.165) is 25.7 Å². The van der Waals surface area contributed by atoms with E-state index in [0.29, 0.717) is 30.3 Å². The van der Waals surface area contributed by atoms with Crippen LogP contribution in [0.3, 0.4) is 0 Å². The number of carbonyl (C=O) groups excluding carboxylic acids is 2. The molecule has 4 saturated carbocycles. The molecule has 0 unspecified atom stereocenters. The van der Waals surface area contributed by atoms with Gasteiger partial charge in [0.2, 0.25) is 0 Å². The first-order valence-corrected chi connectivity index (χ1v) is 11.5. The third kappa shape index (κ3) is 2.81. The number of fused-ring (bicyclic) bond motifs is 5. The number of rotatable bonds is 4. The molecule has 4 heteroatoms. The quantitative estimate of drug-likeness (QED) is 0.744. The van der Waals surface area contributed by atoms with E-state index in [2.05, 4.69) is 20.8 Å². The van der Waals surface area contributed by atoms with Crippen molar-refractivity contribution >= 4 is 17.5 Å². The molecule has 8 atom stereocenters. The summed E-state index contributed by atoms with van der Waals surface area (Å²) in [6.45, 7) is 6.61. The molecular weight excluding hydrogens is 352 g/mol. The van der Waals surface area contributed by atoms with Crippen molar-refractivity contribution in [1.29, 1.82) is 0 Å². The van der Waals surface area contributed by atoms with E-state index in [1.165, 1.54) is 19.3 Å². The van der Waals surface area contributed by atoms with Gasteiger partial charge in [-0.15, -0.1) is 0 Å². The third-order valence-corrected chi connectivity index (χ3v) is 9.82. The van der Waals surface area contributed by atoms with Gasteiger partial charge in [-0.05, 0) is 67.1 Å². The first-order valence-electron chi connectivity index (χ1n) is 11.5. The van der Waals surface area contributed by atoms with Gasteiger partial charge in [-0.2, -0.15) is 0 Å². The van der Waals surface area contributed by atoms with Crippen LogP contribution in [0, 0.1) is 46.3 Å². The summed E-state index contributed by atoms with van der Waals surface area (Å²) in [6, 6.07) is 0. The van der Waals surface area contributed by atoms with Crippen molar-refractivity contribution in [3.05, 3.63) is 0 Å². The average molecular weight is 389 g/mol. The first-order chi connectivity index (χ1) is 13.2. The summed E-state index contributed by atoms with van der Waals surface area (Å²) in [6.07, 6.45) is 8.77. The summed E-state index contributed by atoms with van der Waals surface area (Å²) in [5.74, 6) is 1.39.